The van der Waals surface area contributed by atoms with Crippen molar-refractivity contribution in [3.8, 4) is 5.75 Å². The number of nitrogens with two attached hydrogens (primary N) is 1. The number of aromatic hydroxyl groups is 1. The van der Waals surface area contributed by atoms with Crippen molar-refractivity contribution in [3.05, 3.63) is 28.8 Å². The van der Waals surface area contributed by atoms with E-state index in [-0.39, 0.29) is 0 Å². The van der Waals surface area contributed by atoms with Crippen molar-refractivity contribution < 1.29 is 5.11 Å². The zero-order chi connectivity index (χ0) is 9.14. The Kier molecular flexibility index (Phi) is 2.71. The predicted molar refractivity (Wildman–Crippen MR) is 50.3 cm³/mol. The van der Waals surface area contributed by atoms with Gasteiger partial charge in [-0.05, 0) is 55.6 Å². The zero-order valence-electron chi connectivity index (χ0n) is 7.59. The molecule has 2 nitrogen and oxygen atoms in total. The summed E-state index contributed by atoms with van der Waals surface area (Å²) in [4.78, 5) is 0. The van der Waals surface area contributed by atoms with Gasteiger partial charge in [0.15, 0.2) is 0 Å². The van der Waals surface area contributed by atoms with Gasteiger partial charge in [-0.25, -0.2) is 0 Å². The molecule has 1 aromatic rings. The molecule has 3 N–H and O–H groups in total. The van der Waals surface area contributed by atoms with Crippen molar-refractivity contribution in [2.75, 3.05) is 6.54 Å². The van der Waals surface area contributed by atoms with E-state index in [9.17, 15) is 5.11 Å². The molecule has 66 valence electrons. The van der Waals surface area contributed by atoms with Gasteiger partial charge in [-0.1, -0.05) is 0 Å². The van der Waals surface area contributed by atoms with Gasteiger partial charge in [0.2, 0.25) is 0 Å². The molecule has 0 heterocycles. The summed E-state index contributed by atoms with van der Waals surface area (Å²) < 4.78 is 0. The lowest BCUT2D eigenvalue weighted by atomic mass is 10.00. The molecule has 1 rings (SSSR count). The Morgan fingerprint density at radius 1 is 1.25 bits per heavy atom. The number of benzene rings is 1. The van der Waals surface area contributed by atoms with E-state index < -0.39 is 0 Å². The third kappa shape index (κ3) is 1.77. The van der Waals surface area contributed by atoms with Gasteiger partial charge >= 0.3 is 0 Å². The highest BCUT2D eigenvalue weighted by molar-refractivity contribution is 5.40. The molecule has 0 spiro atoms. The number of rotatable bonds is 2. The topological polar surface area (TPSA) is 46.2 Å². The Labute approximate surface area is 73.0 Å². The number of hydrogen-bond acceptors (Lipinski definition) is 2. The van der Waals surface area contributed by atoms with Crippen LogP contribution in [-0.2, 0) is 6.42 Å². The number of phenolic OH excluding ortho intramolecular Hbond substituents is 1. The first kappa shape index (κ1) is 9.07. The molecule has 0 radical (unpaired) electrons. The first-order chi connectivity index (χ1) is 5.65. The molecule has 0 saturated heterocycles. The van der Waals surface area contributed by atoms with Gasteiger partial charge in [-0.2, -0.15) is 0 Å². The SMILES string of the molecule is Cc1cc(O)cc(C)c1CCN. The second-order valence-electron chi connectivity index (χ2n) is 3.10. The Balaban J connectivity index is 3.10. The largest absolute Gasteiger partial charge is 0.508 e. The third-order valence-electron chi connectivity index (χ3n) is 2.08. The van der Waals surface area contributed by atoms with Crippen molar-refractivity contribution in [3.63, 3.8) is 0 Å². The van der Waals surface area contributed by atoms with Gasteiger partial charge in [0.1, 0.15) is 5.75 Å². The molecule has 0 aliphatic rings. The highest BCUT2D eigenvalue weighted by Gasteiger charge is 2.02. The molecular formula is C10H15NO. The van der Waals surface area contributed by atoms with Crippen LogP contribution in [0.1, 0.15) is 16.7 Å². The van der Waals surface area contributed by atoms with Crippen LogP contribution < -0.4 is 5.73 Å². The van der Waals surface area contributed by atoms with E-state index >= 15 is 0 Å². The van der Waals surface area contributed by atoms with Crippen molar-refractivity contribution in [1.82, 2.24) is 0 Å². The van der Waals surface area contributed by atoms with Gasteiger partial charge in [-0.3, -0.25) is 0 Å². The summed E-state index contributed by atoms with van der Waals surface area (Å²) in [6, 6.07) is 3.55. The van der Waals surface area contributed by atoms with Gasteiger partial charge in [0, 0.05) is 0 Å². The molecule has 0 atom stereocenters. The van der Waals surface area contributed by atoms with Crippen LogP contribution in [0.5, 0.6) is 5.75 Å². The second kappa shape index (κ2) is 3.59. The van der Waals surface area contributed by atoms with Crippen LogP contribution >= 0.6 is 0 Å². The summed E-state index contributed by atoms with van der Waals surface area (Å²) >= 11 is 0. The fourth-order valence-electron chi connectivity index (χ4n) is 1.51. The normalized spacial score (nSPS) is 10.2. The zero-order valence-corrected chi connectivity index (χ0v) is 7.59. The van der Waals surface area contributed by atoms with Crippen molar-refractivity contribution in [2.24, 2.45) is 5.73 Å². The summed E-state index contributed by atoms with van der Waals surface area (Å²) in [5.74, 6) is 0.339. The van der Waals surface area contributed by atoms with E-state index in [0.29, 0.717) is 12.3 Å². The van der Waals surface area contributed by atoms with Gasteiger partial charge in [0.05, 0.1) is 0 Å². The molecule has 12 heavy (non-hydrogen) atoms. The van der Waals surface area contributed by atoms with Crippen LogP contribution in [0.2, 0.25) is 0 Å². The predicted octanol–water partition coefficient (Wildman–Crippen LogP) is 1.51. The molecule has 2 heteroatoms. The summed E-state index contributed by atoms with van der Waals surface area (Å²) in [6.45, 7) is 4.65. The van der Waals surface area contributed by atoms with Crippen molar-refractivity contribution >= 4 is 0 Å². The molecule has 0 bridgehead atoms. The highest BCUT2D eigenvalue weighted by Crippen LogP contribution is 2.20. The molecule has 0 amide bonds. The number of hydrogen-bond donors (Lipinski definition) is 2. The molecule has 0 aliphatic heterocycles. The lowest BCUT2D eigenvalue weighted by Crippen LogP contribution is -2.05. The van der Waals surface area contributed by atoms with Crippen molar-refractivity contribution in [1.29, 1.82) is 0 Å². The van der Waals surface area contributed by atoms with E-state index in [1.165, 1.54) is 5.56 Å². The average molecular weight is 165 g/mol. The van der Waals surface area contributed by atoms with E-state index in [0.717, 1.165) is 17.5 Å². The van der Waals surface area contributed by atoms with Crippen molar-refractivity contribution in [2.45, 2.75) is 20.3 Å². The second-order valence-corrected chi connectivity index (χ2v) is 3.10. The average Bonchev–Trinajstić information content (AvgIpc) is 1.96. The Morgan fingerprint density at radius 3 is 2.17 bits per heavy atom. The Bertz CT molecular complexity index is 258. The molecule has 0 aliphatic carbocycles. The van der Waals surface area contributed by atoms with E-state index in [4.69, 9.17) is 5.73 Å². The molecule has 0 unspecified atom stereocenters. The standard InChI is InChI=1S/C10H15NO/c1-7-5-9(12)6-8(2)10(7)3-4-11/h5-6,12H,3-4,11H2,1-2H3. The number of aryl methyl sites for hydroxylation is 2. The summed E-state index contributed by atoms with van der Waals surface area (Å²) in [7, 11) is 0. The number of phenols is 1. The molecule has 1 aromatic carbocycles. The van der Waals surface area contributed by atoms with Crippen LogP contribution in [0.15, 0.2) is 12.1 Å². The quantitative estimate of drug-likeness (QED) is 0.697. The molecular weight excluding hydrogens is 150 g/mol. The van der Waals surface area contributed by atoms with Crippen LogP contribution in [0.3, 0.4) is 0 Å². The molecule has 0 aromatic heterocycles. The molecule has 0 fully saturated rings. The lowest BCUT2D eigenvalue weighted by Gasteiger charge is -2.08. The minimum Gasteiger partial charge on any atom is -0.508 e. The van der Waals surface area contributed by atoms with Crippen LogP contribution in [0.25, 0.3) is 0 Å². The monoisotopic (exact) mass is 165 g/mol. The minimum absolute atomic E-state index is 0.339. The van der Waals surface area contributed by atoms with Crippen LogP contribution in [0.4, 0.5) is 0 Å². The first-order valence-electron chi connectivity index (χ1n) is 4.14. The Morgan fingerprint density at radius 2 is 1.75 bits per heavy atom. The summed E-state index contributed by atoms with van der Waals surface area (Å²) in [6.07, 6.45) is 0.887. The summed E-state index contributed by atoms with van der Waals surface area (Å²) in [5, 5.41) is 9.26. The van der Waals surface area contributed by atoms with E-state index in [1.807, 2.05) is 13.8 Å². The fraction of sp³-hybridized carbons (Fsp3) is 0.400. The van der Waals surface area contributed by atoms with Crippen LogP contribution in [0, 0.1) is 13.8 Å². The van der Waals surface area contributed by atoms with Gasteiger partial charge in [-0.15, -0.1) is 0 Å². The fourth-order valence-corrected chi connectivity index (χ4v) is 1.51. The maximum Gasteiger partial charge on any atom is 0.116 e. The molecule has 0 saturated carbocycles. The Hall–Kier alpha value is -1.02. The lowest BCUT2D eigenvalue weighted by molar-refractivity contribution is 0.474. The highest BCUT2D eigenvalue weighted by atomic mass is 16.3. The van der Waals surface area contributed by atoms with E-state index in [1.54, 1.807) is 12.1 Å². The minimum atomic E-state index is 0.339. The van der Waals surface area contributed by atoms with Crippen LogP contribution in [-0.4, -0.2) is 11.7 Å². The first-order valence-corrected chi connectivity index (χ1v) is 4.14. The van der Waals surface area contributed by atoms with Gasteiger partial charge in [0.25, 0.3) is 0 Å². The van der Waals surface area contributed by atoms with E-state index in [2.05, 4.69) is 0 Å². The smallest absolute Gasteiger partial charge is 0.116 e. The maximum atomic E-state index is 9.26. The van der Waals surface area contributed by atoms with Gasteiger partial charge < -0.3 is 10.8 Å². The third-order valence-corrected chi connectivity index (χ3v) is 2.08. The maximum absolute atomic E-state index is 9.26. The summed E-state index contributed by atoms with van der Waals surface area (Å²) in [5.41, 5.74) is 8.98.